The van der Waals surface area contributed by atoms with E-state index in [0.717, 1.165) is 6.07 Å². The molecular formula is C13H18F2N2OS. The van der Waals surface area contributed by atoms with Crippen molar-refractivity contribution in [2.45, 2.75) is 30.2 Å². The fraction of sp³-hybridized carbons (Fsp3) is 0.462. The first-order valence-corrected chi connectivity index (χ1v) is 6.94. The van der Waals surface area contributed by atoms with Crippen molar-refractivity contribution in [3.8, 4) is 0 Å². The van der Waals surface area contributed by atoms with E-state index in [1.165, 1.54) is 23.9 Å². The summed E-state index contributed by atoms with van der Waals surface area (Å²) in [5.41, 5.74) is 4.56. The molecule has 0 aliphatic carbocycles. The Labute approximate surface area is 115 Å². The maximum Gasteiger partial charge on any atom is 0.237 e. The summed E-state index contributed by atoms with van der Waals surface area (Å²) in [7, 11) is 1.68. The van der Waals surface area contributed by atoms with E-state index in [0.29, 0.717) is 23.5 Å². The van der Waals surface area contributed by atoms with E-state index in [4.69, 9.17) is 5.73 Å². The van der Waals surface area contributed by atoms with E-state index < -0.39 is 23.1 Å². The maximum atomic E-state index is 13.4. The molecule has 0 saturated heterocycles. The molecule has 0 aliphatic rings. The van der Waals surface area contributed by atoms with Gasteiger partial charge in [0.05, 0.1) is 5.54 Å². The predicted molar refractivity (Wildman–Crippen MR) is 73.0 cm³/mol. The zero-order valence-electron chi connectivity index (χ0n) is 11.0. The normalized spacial score (nSPS) is 14.1. The molecule has 0 fully saturated rings. The summed E-state index contributed by atoms with van der Waals surface area (Å²) in [6.07, 6.45) is 1.26. The standard InChI is InChI=1S/C13H18F2N2OS/c1-13(17-2,12(16)18)6-3-7-19-11-5-4-9(14)8-10(11)15/h4-5,8,17H,3,6-7H2,1-2H3,(H2,16,18). The van der Waals surface area contributed by atoms with Crippen LogP contribution in [0.2, 0.25) is 0 Å². The average Bonchev–Trinajstić information content (AvgIpc) is 2.36. The zero-order chi connectivity index (χ0) is 14.5. The van der Waals surface area contributed by atoms with Gasteiger partial charge in [0.2, 0.25) is 5.91 Å². The summed E-state index contributed by atoms with van der Waals surface area (Å²) in [5, 5.41) is 2.89. The predicted octanol–water partition coefficient (Wildman–Crippen LogP) is 2.30. The summed E-state index contributed by atoms with van der Waals surface area (Å²) in [6, 6.07) is 3.51. The van der Waals surface area contributed by atoms with Gasteiger partial charge in [0.25, 0.3) is 0 Å². The summed E-state index contributed by atoms with van der Waals surface area (Å²) in [5.74, 6) is -0.921. The molecule has 0 radical (unpaired) electrons. The Morgan fingerprint density at radius 1 is 1.47 bits per heavy atom. The topological polar surface area (TPSA) is 55.1 Å². The van der Waals surface area contributed by atoms with Crippen molar-refractivity contribution in [2.24, 2.45) is 5.73 Å². The van der Waals surface area contributed by atoms with Gasteiger partial charge in [0.15, 0.2) is 0 Å². The monoisotopic (exact) mass is 288 g/mol. The Hall–Kier alpha value is -1.14. The lowest BCUT2D eigenvalue weighted by Crippen LogP contribution is -2.51. The van der Waals surface area contributed by atoms with Crippen LogP contribution < -0.4 is 11.1 Å². The number of nitrogens with two attached hydrogens (primary N) is 1. The number of amides is 1. The van der Waals surface area contributed by atoms with Crippen molar-refractivity contribution >= 4 is 17.7 Å². The number of nitrogens with one attached hydrogen (secondary N) is 1. The quantitative estimate of drug-likeness (QED) is 0.598. The first kappa shape index (κ1) is 15.9. The minimum absolute atomic E-state index is 0.409. The number of rotatable bonds is 7. The highest BCUT2D eigenvalue weighted by Gasteiger charge is 2.27. The van der Waals surface area contributed by atoms with Gasteiger partial charge in [-0.3, -0.25) is 4.79 Å². The van der Waals surface area contributed by atoms with Crippen LogP contribution >= 0.6 is 11.8 Å². The van der Waals surface area contributed by atoms with Crippen LogP contribution in [0.4, 0.5) is 8.78 Å². The minimum atomic E-state index is -0.748. The fourth-order valence-electron chi connectivity index (χ4n) is 1.57. The Morgan fingerprint density at radius 3 is 2.68 bits per heavy atom. The Bertz CT molecular complexity index is 456. The number of thioether (sulfide) groups is 1. The van der Waals surface area contributed by atoms with Gasteiger partial charge in [0.1, 0.15) is 11.6 Å². The van der Waals surface area contributed by atoms with E-state index >= 15 is 0 Å². The van der Waals surface area contributed by atoms with Gasteiger partial charge in [0, 0.05) is 11.0 Å². The van der Waals surface area contributed by atoms with E-state index in [2.05, 4.69) is 5.32 Å². The number of hydrogen-bond acceptors (Lipinski definition) is 3. The number of benzene rings is 1. The largest absolute Gasteiger partial charge is 0.368 e. The minimum Gasteiger partial charge on any atom is -0.368 e. The van der Waals surface area contributed by atoms with Crippen LogP contribution in [-0.2, 0) is 4.79 Å². The van der Waals surface area contributed by atoms with Gasteiger partial charge in [-0.25, -0.2) is 8.78 Å². The van der Waals surface area contributed by atoms with Crippen LogP contribution in [0.25, 0.3) is 0 Å². The molecule has 1 aromatic carbocycles. The van der Waals surface area contributed by atoms with Gasteiger partial charge >= 0.3 is 0 Å². The number of hydrogen-bond donors (Lipinski definition) is 2. The van der Waals surface area contributed by atoms with Gasteiger partial charge in [-0.2, -0.15) is 0 Å². The molecule has 0 heterocycles. The zero-order valence-corrected chi connectivity index (χ0v) is 11.8. The molecule has 0 aliphatic heterocycles. The van der Waals surface area contributed by atoms with Crippen LogP contribution in [0.5, 0.6) is 0 Å². The summed E-state index contributed by atoms with van der Waals surface area (Å²) in [6.45, 7) is 1.73. The van der Waals surface area contributed by atoms with Crippen LogP contribution in [0, 0.1) is 11.6 Å². The SMILES string of the molecule is CNC(C)(CCCSc1ccc(F)cc1F)C(N)=O. The second-order valence-electron chi connectivity index (χ2n) is 4.47. The average molecular weight is 288 g/mol. The molecule has 106 valence electrons. The lowest BCUT2D eigenvalue weighted by atomic mass is 9.96. The molecule has 19 heavy (non-hydrogen) atoms. The van der Waals surface area contributed by atoms with Crippen LogP contribution in [-0.4, -0.2) is 24.2 Å². The molecule has 1 atom stereocenters. The number of carbonyl (C=O) groups is 1. The molecule has 1 aromatic rings. The first-order valence-electron chi connectivity index (χ1n) is 5.96. The van der Waals surface area contributed by atoms with E-state index in [1.807, 2.05) is 0 Å². The molecule has 3 nitrogen and oxygen atoms in total. The highest BCUT2D eigenvalue weighted by Crippen LogP contribution is 2.24. The lowest BCUT2D eigenvalue weighted by Gasteiger charge is -2.25. The second kappa shape index (κ2) is 6.86. The highest BCUT2D eigenvalue weighted by molar-refractivity contribution is 7.99. The van der Waals surface area contributed by atoms with Crippen molar-refractivity contribution in [1.82, 2.24) is 5.32 Å². The highest BCUT2D eigenvalue weighted by atomic mass is 32.2. The second-order valence-corrected chi connectivity index (χ2v) is 5.61. The van der Waals surface area contributed by atoms with Crippen molar-refractivity contribution < 1.29 is 13.6 Å². The molecular weight excluding hydrogens is 270 g/mol. The number of primary amides is 1. The Kier molecular flexibility index (Phi) is 5.75. The van der Waals surface area contributed by atoms with Gasteiger partial charge < -0.3 is 11.1 Å². The third kappa shape index (κ3) is 4.47. The van der Waals surface area contributed by atoms with Crippen LogP contribution in [0.1, 0.15) is 19.8 Å². The number of halogens is 2. The molecule has 0 bridgehead atoms. The van der Waals surface area contributed by atoms with E-state index in [9.17, 15) is 13.6 Å². The molecule has 1 amide bonds. The molecule has 0 spiro atoms. The van der Waals surface area contributed by atoms with Gasteiger partial charge in [-0.1, -0.05) is 0 Å². The number of likely N-dealkylation sites (N-methyl/N-ethyl adjacent to an activating group) is 1. The van der Waals surface area contributed by atoms with Crippen LogP contribution in [0.15, 0.2) is 23.1 Å². The maximum absolute atomic E-state index is 13.4. The van der Waals surface area contributed by atoms with Crippen molar-refractivity contribution in [2.75, 3.05) is 12.8 Å². The smallest absolute Gasteiger partial charge is 0.237 e. The summed E-state index contributed by atoms with van der Waals surface area (Å²) >= 11 is 1.30. The third-order valence-corrected chi connectivity index (χ3v) is 4.20. The molecule has 3 N–H and O–H groups in total. The third-order valence-electron chi connectivity index (χ3n) is 3.07. The Balaban J connectivity index is 2.45. The molecule has 6 heteroatoms. The van der Waals surface area contributed by atoms with E-state index in [1.54, 1.807) is 14.0 Å². The van der Waals surface area contributed by atoms with Gasteiger partial charge in [-0.05, 0) is 44.7 Å². The van der Waals surface area contributed by atoms with Crippen LogP contribution in [0.3, 0.4) is 0 Å². The summed E-state index contributed by atoms with van der Waals surface area (Å²) < 4.78 is 26.1. The lowest BCUT2D eigenvalue weighted by molar-refractivity contribution is -0.123. The number of carbonyl (C=O) groups excluding carboxylic acids is 1. The van der Waals surface area contributed by atoms with E-state index in [-0.39, 0.29) is 0 Å². The van der Waals surface area contributed by atoms with Gasteiger partial charge in [-0.15, -0.1) is 11.8 Å². The van der Waals surface area contributed by atoms with Crippen molar-refractivity contribution in [3.05, 3.63) is 29.8 Å². The molecule has 0 aromatic heterocycles. The van der Waals surface area contributed by atoms with Crippen molar-refractivity contribution in [1.29, 1.82) is 0 Å². The Morgan fingerprint density at radius 2 is 2.16 bits per heavy atom. The molecule has 1 rings (SSSR count). The fourth-order valence-corrected chi connectivity index (χ4v) is 2.44. The van der Waals surface area contributed by atoms with Crippen molar-refractivity contribution in [3.63, 3.8) is 0 Å². The summed E-state index contributed by atoms with van der Waals surface area (Å²) in [4.78, 5) is 11.7. The molecule has 0 saturated carbocycles. The molecule has 1 unspecified atom stereocenters. The first-order chi connectivity index (χ1) is 8.89.